The van der Waals surface area contributed by atoms with E-state index in [9.17, 15) is 9.59 Å². The average Bonchev–Trinajstić information content (AvgIpc) is 3.01. The van der Waals surface area contributed by atoms with Crippen molar-refractivity contribution < 1.29 is 24.2 Å². The van der Waals surface area contributed by atoms with Gasteiger partial charge in [0, 0.05) is 5.92 Å². The van der Waals surface area contributed by atoms with Crippen LogP contribution in [0.2, 0.25) is 0 Å². The molecule has 0 radical (unpaired) electrons. The maximum atomic E-state index is 12.2. The van der Waals surface area contributed by atoms with Gasteiger partial charge in [-0.3, -0.25) is 0 Å². The summed E-state index contributed by atoms with van der Waals surface area (Å²) in [5, 5.41) is 11.7. The van der Waals surface area contributed by atoms with Gasteiger partial charge in [0.15, 0.2) is 6.10 Å². The van der Waals surface area contributed by atoms with Crippen LogP contribution in [0.25, 0.3) is 11.1 Å². The number of rotatable bonds is 4. The number of amides is 1. The van der Waals surface area contributed by atoms with Crippen molar-refractivity contribution in [2.45, 2.75) is 30.9 Å². The molecule has 2 aromatic rings. The van der Waals surface area contributed by atoms with Gasteiger partial charge in [-0.1, -0.05) is 48.5 Å². The molecule has 6 nitrogen and oxygen atoms in total. The number of carbonyl (C=O) groups is 2. The van der Waals surface area contributed by atoms with Crippen LogP contribution < -0.4 is 5.32 Å². The summed E-state index contributed by atoms with van der Waals surface area (Å²) < 4.78 is 10.7. The van der Waals surface area contributed by atoms with Crippen molar-refractivity contribution in [2.75, 3.05) is 13.2 Å². The first-order valence-corrected chi connectivity index (χ1v) is 9.09. The van der Waals surface area contributed by atoms with Gasteiger partial charge in [0.25, 0.3) is 0 Å². The first-order chi connectivity index (χ1) is 13.1. The molecule has 27 heavy (non-hydrogen) atoms. The molecule has 0 aromatic heterocycles. The van der Waals surface area contributed by atoms with E-state index in [4.69, 9.17) is 14.6 Å². The summed E-state index contributed by atoms with van der Waals surface area (Å²) in [6.45, 7) is 0.437. The lowest BCUT2D eigenvalue weighted by molar-refractivity contribution is -0.153. The Labute approximate surface area is 157 Å². The fourth-order valence-electron chi connectivity index (χ4n) is 3.87. The summed E-state index contributed by atoms with van der Waals surface area (Å²) in [6, 6.07) is 16.1. The van der Waals surface area contributed by atoms with Gasteiger partial charge in [-0.25, -0.2) is 9.59 Å². The number of carboxylic acid groups (broad SMARTS) is 1. The second-order valence-corrected chi connectivity index (χ2v) is 6.90. The van der Waals surface area contributed by atoms with Crippen molar-refractivity contribution in [3.05, 3.63) is 59.7 Å². The Kier molecular flexibility index (Phi) is 4.81. The Bertz CT molecular complexity index is 812. The number of benzene rings is 2. The number of fused-ring (bicyclic) bond motifs is 3. The van der Waals surface area contributed by atoms with Crippen molar-refractivity contribution in [3.63, 3.8) is 0 Å². The molecule has 1 fully saturated rings. The summed E-state index contributed by atoms with van der Waals surface area (Å²) >= 11 is 0. The van der Waals surface area contributed by atoms with Crippen molar-refractivity contribution in [1.82, 2.24) is 5.32 Å². The molecule has 1 aliphatic carbocycles. The number of hydrogen-bond acceptors (Lipinski definition) is 4. The van der Waals surface area contributed by atoms with Gasteiger partial charge < -0.3 is 19.9 Å². The van der Waals surface area contributed by atoms with Crippen molar-refractivity contribution in [1.29, 1.82) is 0 Å². The monoisotopic (exact) mass is 367 g/mol. The zero-order valence-electron chi connectivity index (χ0n) is 14.8. The highest BCUT2D eigenvalue weighted by atomic mass is 16.6. The number of nitrogens with one attached hydrogen (secondary N) is 1. The number of alkyl carbamates (subject to hydrolysis) is 1. The molecule has 140 valence electrons. The van der Waals surface area contributed by atoms with Gasteiger partial charge in [0.1, 0.15) is 6.61 Å². The van der Waals surface area contributed by atoms with Gasteiger partial charge in [-0.2, -0.15) is 0 Å². The normalized spacial score (nSPS) is 21.2. The summed E-state index contributed by atoms with van der Waals surface area (Å²) in [7, 11) is 0. The van der Waals surface area contributed by atoms with Crippen LogP contribution in [0.3, 0.4) is 0 Å². The maximum absolute atomic E-state index is 12.2. The van der Waals surface area contributed by atoms with Crippen molar-refractivity contribution in [2.24, 2.45) is 0 Å². The Morgan fingerprint density at radius 1 is 1.04 bits per heavy atom. The molecule has 1 heterocycles. The van der Waals surface area contributed by atoms with E-state index in [0.717, 1.165) is 11.1 Å². The largest absolute Gasteiger partial charge is 0.479 e. The molecule has 2 atom stereocenters. The van der Waals surface area contributed by atoms with Crippen molar-refractivity contribution >= 4 is 12.1 Å². The number of ether oxygens (including phenoxy) is 2. The highest BCUT2D eigenvalue weighted by Gasteiger charge is 2.30. The second kappa shape index (κ2) is 7.40. The standard InChI is InChI=1S/C21H21NO5/c23-20(24)19-10-9-13(11-26-19)22-21(25)27-12-18-16-7-3-1-5-14(16)15-6-2-4-8-17(15)18/h1-8,13,18-19H,9-12H2,(H,22,25)(H,23,24)/t13-,19+/m1/s1. The summed E-state index contributed by atoms with van der Waals surface area (Å²) in [4.78, 5) is 23.1. The van der Waals surface area contributed by atoms with Crippen LogP contribution in [0.4, 0.5) is 4.79 Å². The van der Waals surface area contributed by atoms with Gasteiger partial charge in [0.05, 0.1) is 12.6 Å². The molecule has 2 aliphatic rings. The van der Waals surface area contributed by atoms with Crippen LogP contribution in [0.15, 0.2) is 48.5 Å². The maximum Gasteiger partial charge on any atom is 0.407 e. The zero-order chi connectivity index (χ0) is 18.8. The fraction of sp³-hybridized carbons (Fsp3) is 0.333. The smallest absolute Gasteiger partial charge is 0.407 e. The minimum absolute atomic E-state index is 0.0159. The van der Waals surface area contributed by atoms with Crippen LogP contribution in [-0.2, 0) is 14.3 Å². The highest BCUT2D eigenvalue weighted by Crippen LogP contribution is 2.44. The van der Waals surface area contributed by atoms with E-state index in [1.807, 2.05) is 24.3 Å². The Balaban J connectivity index is 1.37. The number of aliphatic carboxylic acids is 1. The molecule has 2 aromatic carbocycles. The van der Waals surface area contributed by atoms with E-state index in [2.05, 4.69) is 29.6 Å². The number of carbonyl (C=O) groups excluding carboxylic acids is 1. The molecule has 1 saturated heterocycles. The molecule has 1 amide bonds. The highest BCUT2D eigenvalue weighted by molar-refractivity contribution is 5.79. The van der Waals surface area contributed by atoms with Crippen LogP contribution in [0.5, 0.6) is 0 Å². The lowest BCUT2D eigenvalue weighted by atomic mass is 9.98. The van der Waals surface area contributed by atoms with E-state index in [0.29, 0.717) is 12.8 Å². The lowest BCUT2D eigenvalue weighted by Crippen LogP contribution is -2.45. The van der Waals surface area contributed by atoms with Gasteiger partial charge in [-0.15, -0.1) is 0 Å². The molecule has 4 rings (SSSR count). The first kappa shape index (κ1) is 17.5. The first-order valence-electron chi connectivity index (χ1n) is 9.09. The third-order valence-electron chi connectivity index (χ3n) is 5.22. The Morgan fingerprint density at radius 2 is 1.67 bits per heavy atom. The third kappa shape index (κ3) is 3.53. The molecule has 0 saturated carbocycles. The lowest BCUT2D eigenvalue weighted by Gasteiger charge is -2.27. The Morgan fingerprint density at radius 3 is 2.22 bits per heavy atom. The summed E-state index contributed by atoms with van der Waals surface area (Å²) in [5.74, 6) is -0.947. The second-order valence-electron chi connectivity index (χ2n) is 6.90. The van der Waals surface area contributed by atoms with E-state index in [1.165, 1.54) is 11.1 Å². The van der Waals surface area contributed by atoms with E-state index >= 15 is 0 Å². The van der Waals surface area contributed by atoms with Gasteiger partial charge >= 0.3 is 12.1 Å². The molecular formula is C21H21NO5. The fourth-order valence-corrected chi connectivity index (χ4v) is 3.87. The zero-order valence-corrected chi connectivity index (χ0v) is 14.8. The number of hydrogen-bond donors (Lipinski definition) is 2. The molecule has 1 aliphatic heterocycles. The van der Waals surface area contributed by atoms with Crippen LogP contribution in [-0.4, -0.2) is 42.5 Å². The quantitative estimate of drug-likeness (QED) is 0.867. The average molecular weight is 367 g/mol. The molecule has 0 spiro atoms. The van der Waals surface area contributed by atoms with Crippen LogP contribution >= 0.6 is 0 Å². The van der Waals surface area contributed by atoms with E-state index in [1.54, 1.807) is 0 Å². The SMILES string of the molecule is O=C(N[C@@H]1CC[C@@H](C(=O)O)OC1)OCC1c2ccccc2-c2ccccc21. The molecule has 0 bridgehead atoms. The molecule has 2 N–H and O–H groups in total. The van der Waals surface area contributed by atoms with Crippen LogP contribution in [0.1, 0.15) is 29.9 Å². The molecular weight excluding hydrogens is 346 g/mol. The number of carboxylic acids is 1. The predicted molar refractivity (Wildman–Crippen MR) is 98.6 cm³/mol. The Hall–Kier alpha value is -2.86. The van der Waals surface area contributed by atoms with Crippen LogP contribution in [0, 0.1) is 0 Å². The summed E-state index contributed by atoms with van der Waals surface area (Å²) in [6.07, 6.45) is -0.352. The molecule has 6 heteroatoms. The minimum atomic E-state index is -0.963. The minimum Gasteiger partial charge on any atom is -0.479 e. The van der Waals surface area contributed by atoms with Gasteiger partial charge in [-0.05, 0) is 35.1 Å². The third-order valence-corrected chi connectivity index (χ3v) is 5.22. The van der Waals surface area contributed by atoms with Gasteiger partial charge in [0.2, 0.25) is 0 Å². The van der Waals surface area contributed by atoms with E-state index in [-0.39, 0.29) is 25.2 Å². The van der Waals surface area contributed by atoms with E-state index < -0.39 is 18.2 Å². The molecule has 0 unspecified atom stereocenters. The topological polar surface area (TPSA) is 84.9 Å². The summed E-state index contributed by atoms with van der Waals surface area (Å²) in [5.41, 5.74) is 4.69. The predicted octanol–water partition coefficient (Wildman–Crippen LogP) is 3.16. The van der Waals surface area contributed by atoms with Crippen molar-refractivity contribution in [3.8, 4) is 11.1 Å².